The van der Waals surface area contributed by atoms with E-state index in [1.807, 2.05) is 43.9 Å². The second kappa shape index (κ2) is 9.88. The minimum absolute atomic E-state index is 0.00455. The monoisotopic (exact) mass is 471 g/mol. The molecule has 0 bridgehead atoms. The molecular weight excluding hydrogens is 438 g/mol. The van der Waals surface area contributed by atoms with E-state index in [2.05, 4.69) is 5.32 Å². The Morgan fingerprint density at radius 1 is 1.09 bits per heavy atom. The van der Waals surface area contributed by atoms with Gasteiger partial charge in [-0.25, -0.2) is 9.78 Å². The van der Waals surface area contributed by atoms with Gasteiger partial charge in [0.1, 0.15) is 17.5 Å². The highest BCUT2D eigenvalue weighted by Gasteiger charge is 2.35. The Morgan fingerprint density at radius 2 is 1.85 bits per heavy atom. The molecule has 1 amide bonds. The third-order valence-electron chi connectivity index (χ3n) is 6.49. The Kier molecular flexibility index (Phi) is 7.13. The van der Waals surface area contributed by atoms with Crippen molar-refractivity contribution in [1.29, 1.82) is 0 Å². The number of pyridine rings is 1. The number of hydrogen-bond acceptors (Lipinski definition) is 5. The van der Waals surface area contributed by atoms with Crippen LogP contribution < -0.4 is 10.2 Å². The van der Waals surface area contributed by atoms with Crippen LogP contribution in [0.1, 0.15) is 72.1 Å². The van der Waals surface area contributed by atoms with Gasteiger partial charge in [-0.2, -0.15) is 0 Å². The number of aromatic nitrogens is 1. The summed E-state index contributed by atoms with van der Waals surface area (Å²) in [6.07, 6.45) is 8.12. The van der Waals surface area contributed by atoms with Crippen molar-refractivity contribution < 1.29 is 14.3 Å². The first-order chi connectivity index (χ1) is 15.7. The number of carbonyl (C=O) groups is 2. The second-order valence-electron chi connectivity index (χ2n) is 10.3. The summed E-state index contributed by atoms with van der Waals surface area (Å²) in [6.45, 7) is 6.39. The minimum Gasteiger partial charge on any atom is -0.458 e. The number of hydrogen-bond donors (Lipinski definition) is 1. The van der Waals surface area contributed by atoms with Crippen LogP contribution in [0.25, 0.3) is 10.9 Å². The number of nitrogens with zero attached hydrogens (tertiary/aromatic N) is 2. The molecule has 6 nitrogen and oxygen atoms in total. The van der Waals surface area contributed by atoms with Crippen molar-refractivity contribution in [3.05, 3.63) is 29.3 Å². The number of benzene rings is 1. The van der Waals surface area contributed by atoms with E-state index in [0.717, 1.165) is 48.9 Å². The number of carbonyl (C=O) groups excluding carboxylic acids is 2. The topological polar surface area (TPSA) is 71.5 Å². The van der Waals surface area contributed by atoms with Gasteiger partial charge in [-0.3, -0.25) is 4.79 Å². The molecule has 4 rings (SSSR count). The molecule has 1 aromatic heterocycles. The standard InChI is InChI=1S/C26H34ClN3O3/c1-26(2,3)33-25(32)21-10-7-15-30(21)22-14-11-18-20(28-22)13-12-19(27)24(18)29-23(31)16-17-8-5-4-6-9-17/h11-14,17,21H,4-10,15-16H2,1-3H3,(H,29,31)/t21-/m1/s1. The summed E-state index contributed by atoms with van der Waals surface area (Å²) in [5, 5.41) is 4.35. The molecule has 2 fully saturated rings. The van der Waals surface area contributed by atoms with Crippen molar-refractivity contribution in [1.82, 2.24) is 4.98 Å². The molecule has 2 aliphatic rings. The zero-order chi connectivity index (χ0) is 23.6. The van der Waals surface area contributed by atoms with Crippen molar-refractivity contribution >= 4 is 45.9 Å². The van der Waals surface area contributed by atoms with Crippen molar-refractivity contribution in [2.75, 3.05) is 16.8 Å². The summed E-state index contributed by atoms with van der Waals surface area (Å²) < 4.78 is 5.63. The van der Waals surface area contributed by atoms with Gasteiger partial charge in [-0.05, 0) is 76.6 Å². The smallest absolute Gasteiger partial charge is 0.329 e. The van der Waals surface area contributed by atoms with Gasteiger partial charge in [-0.1, -0.05) is 30.9 Å². The van der Waals surface area contributed by atoms with Crippen molar-refractivity contribution in [3.63, 3.8) is 0 Å². The molecule has 1 aliphatic heterocycles. The number of halogens is 1. The largest absolute Gasteiger partial charge is 0.458 e. The first kappa shape index (κ1) is 23.8. The lowest BCUT2D eigenvalue weighted by Crippen LogP contribution is -2.40. The highest BCUT2D eigenvalue weighted by Crippen LogP contribution is 2.34. The summed E-state index contributed by atoms with van der Waals surface area (Å²) in [6, 6.07) is 7.13. The van der Waals surface area contributed by atoms with Crippen molar-refractivity contribution in [2.45, 2.75) is 83.8 Å². The average molecular weight is 472 g/mol. The summed E-state index contributed by atoms with van der Waals surface area (Å²) in [4.78, 5) is 32.3. The van der Waals surface area contributed by atoms with E-state index in [-0.39, 0.29) is 17.9 Å². The van der Waals surface area contributed by atoms with Gasteiger partial charge in [0, 0.05) is 18.4 Å². The molecule has 1 aromatic carbocycles. The van der Waals surface area contributed by atoms with Gasteiger partial charge >= 0.3 is 5.97 Å². The Balaban J connectivity index is 1.54. The SMILES string of the molecule is CC(C)(C)OC(=O)[C@H]1CCCN1c1ccc2c(NC(=O)CC3CCCCC3)c(Cl)ccc2n1. The normalized spacial score (nSPS) is 19.6. The number of ether oxygens (including phenoxy) is 1. The van der Waals surface area contributed by atoms with Crippen LogP contribution in [0.3, 0.4) is 0 Å². The molecule has 1 aliphatic carbocycles. The second-order valence-corrected chi connectivity index (χ2v) is 10.7. The fourth-order valence-electron chi connectivity index (χ4n) is 4.95. The number of nitrogens with one attached hydrogen (secondary N) is 1. The number of fused-ring (bicyclic) bond motifs is 1. The molecule has 1 saturated carbocycles. The van der Waals surface area contributed by atoms with Gasteiger partial charge in [0.2, 0.25) is 5.91 Å². The van der Waals surface area contributed by atoms with Crippen molar-refractivity contribution in [3.8, 4) is 0 Å². The van der Waals surface area contributed by atoms with Crippen molar-refractivity contribution in [2.24, 2.45) is 5.92 Å². The molecule has 0 radical (unpaired) electrons. The molecule has 178 valence electrons. The molecule has 7 heteroatoms. The highest BCUT2D eigenvalue weighted by atomic mass is 35.5. The summed E-state index contributed by atoms with van der Waals surface area (Å²) >= 11 is 6.47. The Hall–Kier alpha value is -2.34. The molecule has 0 unspecified atom stereocenters. The zero-order valence-electron chi connectivity index (χ0n) is 19.8. The lowest BCUT2D eigenvalue weighted by Gasteiger charge is -2.28. The fraction of sp³-hybridized carbons (Fsp3) is 0.577. The molecule has 33 heavy (non-hydrogen) atoms. The van der Waals surface area contributed by atoms with E-state index >= 15 is 0 Å². The average Bonchev–Trinajstić information content (AvgIpc) is 3.25. The van der Waals surface area contributed by atoms with E-state index in [9.17, 15) is 9.59 Å². The van der Waals surface area contributed by atoms with Gasteiger partial charge in [0.25, 0.3) is 0 Å². The summed E-state index contributed by atoms with van der Waals surface area (Å²) in [5.41, 5.74) is 0.822. The fourth-order valence-corrected chi connectivity index (χ4v) is 5.17. The highest BCUT2D eigenvalue weighted by molar-refractivity contribution is 6.35. The molecular formula is C26H34ClN3O3. The minimum atomic E-state index is -0.524. The van der Waals surface area contributed by atoms with E-state index < -0.39 is 5.60 Å². The predicted octanol–water partition coefficient (Wildman–Crippen LogP) is 6.11. The molecule has 1 saturated heterocycles. The van der Waals surface area contributed by atoms with Crippen LogP contribution in [-0.4, -0.2) is 35.0 Å². The van der Waals surface area contributed by atoms with Crippen LogP contribution >= 0.6 is 11.6 Å². The van der Waals surface area contributed by atoms with Gasteiger partial charge in [0.15, 0.2) is 0 Å². The van der Waals surface area contributed by atoms with Crippen LogP contribution in [0.15, 0.2) is 24.3 Å². The maximum atomic E-state index is 12.7. The van der Waals surface area contributed by atoms with Crippen LogP contribution in [-0.2, 0) is 14.3 Å². The first-order valence-electron chi connectivity index (χ1n) is 12.1. The molecule has 1 atom stereocenters. The molecule has 2 aromatic rings. The van der Waals surface area contributed by atoms with E-state index in [1.165, 1.54) is 19.3 Å². The third-order valence-corrected chi connectivity index (χ3v) is 6.81. The Labute approximate surface area is 201 Å². The zero-order valence-corrected chi connectivity index (χ0v) is 20.6. The molecule has 1 N–H and O–H groups in total. The number of rotatable bonds is 5. The third kappa shape index (κ3) is 5.78. The Bertz CT molecular complexity index is 1030. The van der Waals surface area contributed by atoms with Gasteiger partial charge in [0.05, 0.1) is 16.2 Å². The lowest BCUT2D eigenvalue weighted by molar-refractivity contribution is -0.156. The van der Waals surface area contributed by atoms with E-state index in [1.54, 1.807) is 6.07 Å². The quantitative estimate of drug-likeness (QED) is 0.533. The van der Waals surface area contributed by atoms with E-state index in [0.29, 0.717) is 23.0 Å². The summed E-state index contributed by atoms with van der Waals surface area (Å²) in [5.74, 6) is 0.980. The molecule has 0 spiro atoms. The van der Waals surface area contributed by atoms with Crippen LogP contribution in [0, 0.1) is 5.92 Å². The number of anilines is 2. The first-order valence-corrected chi connectivity index (χ1v) is 12.5. The Morgan fingerprint density at radius 3 is 2.58 bits per heavy atom. The number of esters is 1. The maximum absolute atomic E-state index is 12.7. The van der Waals surface area contributed by atoms with Gasteiger partial charge < -0.3 is 15.0 Å². The number of amides is 1. The van der Waals surface area contributed by atoms with Crippen LogP contribution in [0.5, 0.6) is 0 Å². The predicted molar refractivity (Wildman–Crippen MR) is 133 cm³/mol. The summed E-state index contributed by atoms with van der Waals surface area (Å²) in [7, 11) is 0. The van der Waals surface area contributed by atoms with Gasteiger partial charge in [-0.15, -0.1) is 0 Å². The van der Waals surface area contributed by atoms with Crippen LogP contribution in [0.4, 0.5) is 11.5 Å². The van der Waals surface area contributed by atoms with E-state index in [4.69, 9.17) is 21.3 Å². The molecule has 2 heterocycles. The maximum Gasteiger partial charge on any atom is 0.329 e. The van der Waals surface area contributed by atoms with Crippen LogP contribution in [0.2, 0.25) is 5.02 Å². The lowest BCUT2D eigenvalue weighted by atomic mass is 9.87.